The minimum absolute atomic E-state index is 0. The number of nitrogens with zero attached hydrogens (tertiary/aromatic N) is 1. The van der Waals surface area contributed by atoms with E-state index >= 15 is 0 Å². The maximum Gasteiger partial charge on any atom is 0.238 e. The molecule has 1 heterocycles. The Morgan fingerprint density at radius 2 is 2.12 bits per heavy atom. The van der Waals surface area contributed by atoms with Gasteiger partial charge in [-0.15, -0.1) is 12.4 Å². The number of hydrogen-bond acceptors (Lipinski definition) is 5. The van der Waals surface area contributed by atoms with Gasteiger partial charge in [0.2, 0.25) is 15.9 Å². The van der Waals surface area contributed by atoms with Crippen molar-refractivity contribution in [1.82, 2.24) is 10.2 Å². The molecule has 1 aliphatic heterocycles. The van der Waals surface area contributed by atoms with E-state index in [1.54, 1.807) is 13.0 Å². The smallest absolute Gasteiger partial charge is 0.238 e. The molecule has 1 aromatic carbocycles. The van der Waals surface area contributed by atoms with Gasteiger partial charge in [0.05, 0.1) is 11.4 Å². The van der Waals surface area contributed by atoms with Crippen LogP contribution in [0.25, 0.3) is 0 Å². The van der Waals surface area contributed by atoms with Gasteiger partial charge in [0.25, 0.3) is 0 Å². The number of amides is 1. The second-order valence-electron chi connectivity index (χ2n) is 5.93. The lowest BCUT2D eigenvalue weighted by atomic mass is 10.1. The molecule has 0 radical (unpaired) electrons. The van der Waals surface area contributed by atoms with Crippen LogP contribution in [-0.2, 0) is 14.8 Å². The molecule has 0 spiro atoms. The highest BCUT2D eigenvalue weighted by molar-refractivity contribution is 7.89. The van der Waals surface area contributed by atoms with Crippen LogP contribution in [-0.4, -0.2) is 51.9 Å². The Hall–Kier alpha value is -1.19. The second kappa shape index (κ2) is 8.77. The predicted octanol–water partition coefficient (Wildman–Crippen LogP) is 0.687. The van der Waals surface area contributed by atoms with Crippen LogP contribution in [0.2, 0.25) is 0 Å². The first-order valence-electron chi connectivity index (χ1n) is 7.62. The number of likely N-dealkylation sites (N-methyl/N-ethyl adjacent to an activating group) is 1. The van der Waals surface area contributed by atoms with E-state index in [0.29, 0.717) is 11.7 Å². The summed E-state index contributed by atoms with van der Waals surface area (Å²) in [6.45, 7) is 3.82. The van der Waals surface area contributed by atoms with Crippen LogP contribution in [0.15, 0.2) is 23.1 Å². The fraction of sp³-hybridized carbons (Fsp3) is 0.533. The van der Waals surface area contributed by atoms with E-state index in [2.05, 4.69) is 15.5 Å². The van der Waals surface area contributed by atoms with Crippen LogP contribution >= 0.6 is 12.4 Å². The number of piperidine rings is 1. The Morgan fingerprint density at radius 1 is 1.42 bits per heavy atom. The number of likely N-dealkylation sites (tertiary alicyclic amines) is 1. The van der Waals surface area contributed by atoms with Crippen LogP contribution in [0, 0.1) is 6.92 Å². The third kappa shape index (κ3) is 5.71. The predicted molar refractivity (Wildman–Crippen MR) is 97.0 cm³/mol. The van der Waals surface area contributed by atoms with Crippen molar-refractivity contribution in [3.05, 3.63) is 23.8 Å². The SMILES string of the molecule is CNC1CCCN(CC(=O)Nc2cc(S(N)(=O)=O)ccc2C)C1.Cl. The van der Waals surface area contributed by atoms with Gasteiger partial charge >= 0.3 is 0 Å². The van der Waals surface area contributed by atoms with Crippen LogP contribution in [0.1, 0.15) is 18.4 Å². The summed E-state index contributed by atoms with van der Waals surface area (Å²) in [5.41, 5.74) is 1.26. The first kappa shape index (κ1) is 20.9. The minimum Gasteiger partial charge on any atom is -0.325 e. The summed E-state index contributed by atoms with van der Waals surface area (Å²) in [7, 11) is -1.86. The molecule has 0 saturated carbocycles. The van der Waals surface area contributed by atoms with Gasteiger partial charge in [-0.3, -0.25) is 9.69 Å². The molecule has 24 heavy (non-hydrogen) atoms. The van der Waals surface area contributed by atoms with Crippen molar-refractivity contribution in [3.8, 4) is 0 Å². The van der Waals surface area contributed by atoms with Crippen molar-refractivity contribution in [2.45, 2.75) is 30.7 Å². The first-order valence-corrected chi connectivity index (χ1v) is 9.17. The lowest BCUT2D eigenvalue weighted by Crippen LogP contribution is -2.46. The number of primary sulfonamides is 1. The fourth-order valence-corrected chi connectivity index (χ4v) is 3.28. The number of carbonyl (C=O) groups excluding carboxylic acids is 1. The van der Waals surface area contributed by atoms with Gasteiger partial charge in [-0.25, -0.2) is 13.6 Å². The standard InChI is InChI=1S/C15H24N4O3S.ClH/c1-11-5-6-13(23(16,21)22)8-14(11)18-15(20)10-19-7-3-4-12(9-19)17-2;/h5-6,8,12,17H,3-4,7,9-10H2,1-2H3,(H,18,20)(H2,16,21,22);1H. The summed E-state index contributed by atoms with van der Waals surface area (Å²) < 4.78 is 22.8. The number of rotatable bonds is 5. The van der Waals surface area contributed by atoms with Gasteiger partial charge in [0, 0.05) is 18.3 Å². The summed E-state index contributed by atoms with van der Waals surface area (Å²) in [4.78, 5) is 14.3. The normalized spacial score (nSPS) is 18.7. The number of sulfonamides is 1. The van der Waals surface area contributed by atoms with Gasteiger partial charge in [-0.2, -0.15) is 0 Å². The second-order valence-corrected chi connectivity index (χ2v) is 7.49. The number of nitrogens with two attached hydrogens (primary N) is 1. The maximum atomic E-state index is 12.2. The zero-order chi connectivity index (χ0) is 17.0. The van der Waals surface area contributed by atoms with E-state index in [1.807, 2.05) is 7.05 Å². The molecule has 1 fully saturated rings. The molecule has 1 unspecified atom stereocenters. The highest BCUT2D eigenvalue weighted by Gasteiger charge is 2.20. The molecule has 7 nitrogen and oxygen atoms in total. The zero-order valence-corrected chi connectivity index (χ0v) is 15.5. The Morgan fingerprint density at radius 3 is 2.75 bits per heavy atom. The molecule has 1 amide bonds. The Labute approximate surface area is 149 Å². The first-order chi connectivity index (χ1) is 10.8. The Kier molecular flexibility index (Phi) is 7.62. The van der Waals surface area contributed by atoms with Crippen molar-refractivity contribution in [2.24, 2.45) is 5.14 Å². The molecule has 0 aromatic heterocycles. The highest BCUT2D eigenvalue weighted by atomic mass is 35.5. The molecular formula is C15H25ClN4O3S. The highest BCUT2D eigenvalue weighted by Crippen LogP contribution is 2.19. The maximum absolute atomic E-state index is 12.2. The van der Waals surface area contributed by atoms with Crippen molar-refractivity contribution in [3.63, 3.8) is 0 Å². The van der Waals surface area contributed by atoms with E-state index < -0.39 is 10.0 Å². The third-order valence-electron chi connectivity index (χ3n) is 4.09. The number of carbonyl (C=O) groups is 1. The lowest BCUT2D eigenvalue weighted by molar-refractivity contribution is -0.117. The average Bonchev–Trinajstić information content (AvgIpc) is 2.48. The third-order valence-corrected chi connectivity index (χ3v) is 5.00. The van der Waals surface area contributed by atoms with Crippen molar-refractivity contribution in [2.75, 3.05) is 32.0 Å². The van der Waals surface area contributed by atoms with Gasteiger partial charge in [-0.05, 0) is 51.1 Å². The molecule has 0 aliphatic carbocycles. The van der Waals surface area contributed by atoms with E-state index in [0.717, 1.165) is 31.5 Å². The monoisotopic (exact) mass is 376 g/mol. The minimum atomic E-state index is -3.79. The summed E-state index contributed by atoms with van der Waals surface area (Å²) >= 11 is 0. The van der Waals surface area contributed by atoms with Crippen molar-refractivity contribution in [1.29, 1.82) is 0 Å². The Balaban J connectivity index is 0.00000288. The van der Waals surface area contributed by atoms with Gasteiger partial charge < -0.3 is 10.6 Å². The number of benzene rings is 1. The van der Waals surface area contributed by atoms with Crippen molar-refractivity contribution < 1.29 is 13.2 Å². The number of hydrogen-bond donors (Lipinski definition) is 3. The zero-order valence-electron chi connectivity index (χ0n) is 13.9. The van der Waals surface area contributed by atoms with Gasteiger partial charge in [-0.1, -0.05) is 6.07 Å². The van der Waals surface area contributed by atoms with E-state index in [4.69, 9.17) is 5.14 Å². The molecule has 1 aromatic rings. The number of aryl methyl sites for hydroxylation is 1. The molecule has 0 bridgehead atoms. The van der Waals surface area contributed by atoms with Crippen LogP contribution < -0.4 is 15.8 Å². The molecule has 2 rings (SSSR count). The van der Waals surface area contributed by atoms with E-state index in [-0.39, 0.29) is 29.8 Å². The quantitative estimate of drug-likeness (QED) is 0.701. The molecule has 1 saturated heterocycles. The number of nitrogens with one attached hydrogen (secondary N) is 2. The number of anilines is 1. The summed E-state index contributed by atoms with van der Waals surface area (Å²) in [6, 6.07) is 4.87. The number of halogens is 1. The van der Waals surface area contributed by atoms with Crippen molar-refractivity contribution >= 4 is 34.0 Å². The molecule has 1 aliphatic rings. The van der Waals surface area contributed by atoms with Gasteiger partial charge in [0.15, 0.2) is 0 Å². The largest absolute Gasteiger partial charge is 0.325 e. The van der Waals surface area contributed by atoms with Gasteiger partial charge in [0.1, 0.15) is 0 Å². The topological polar surface area (TPSA) is 105 Å². The Bertz CT molecular complexity index is 681. The lowest BCUT2D eigenvalue weighted by Gasteiger charge is -2.31. The van der Waals surface area contributed by atoms with E-state index in [1.165, 1.54) is 12.1 Å². The van der Waals surface area contributed by atoms with Crippen LogP contribution in [0.4, 0.5) is 5.69 Å². The molecule has 4 N–H and O–H groups in total. The molecule has 9 heteroatoms. The summed E-state index contributed by atoms with van der Waals surface area (Å²) in [5.74, 6) is -0.156. The van der Waals surface area contributed by atoms with E-state index in [9.17, 15) is 13.2 Å². The summed E-state index contributed by atoms with van der Waals surface area (Å²) in [6.07, 6.45) is 2.17. The molecule has 136 valence electrons. The molecule has 1 atom stereocenters. The van der Waals surface area contributed by atoms with Crippen LogP contribution in [0.5, 0.6) is 0 Å². The average molecular weight is 377 g/mol. The molecular weight excluding hydrogens is 352 g/mol. The van der Waals surface area contributed by atoms with Crippen LogP contribution in [0.3, 0.4) is 0 Å². The summed E-state index contributed by atoms with van der Waals surface area (Å²) in [5, 5.41) is 11.1. The fourth-order valence-electron chi connectivity index (χ4n) is 2.74.